The number of anilines is 1. The molecule has 1 aliphatic heterocycles. The van der Waals surface area contributed by atoms with Crippen LogP contribution in [0.4, 0.5) is 5.95 Å². The first-order valence-corrected chi connectivity index (χ1v) is 12.4. The van der Waals surface area contributed by atoms with Crippen molar-refractivity contribution in [2.24, 2.45) is 5.92 Å². The monoisotopic (exact) mass is 471 g/mol. The highest BCUT2D eigenvalue weighted by Gasteiger charge is 2.26. The molecule has 4 rings (SSSR count). The summed E-state index contributed by atoms with van der Waals surface area (Å²) in [5, 5.41) is 4.15. The van der Waals surface area contributed by atoms with Gasteiger partial charge >= 0.3 is 0 Å². The fraction of sp³-hybridized carbons (Fsp3) is 0.455. The first-order chi connectivity index (χ1) is 15.6. The smallest absolute Gasteiger partial charge is 0.254 e. The number of sulfonamides is 1. The van der Waals surface area contributed by atoms with Gasteiger partial charge in [0.15, 0.2) is 0 Å². The first kappa shape index (κ1) is 23.1. The van der Waals surface area contributed by atoms with Crippen molar-refractivity contribution in [3.8, 4) is 0 Å². The van der Waals surface area contributed by atoms with E-state index in [1.54, 1.807) is 28.8 Å². The molecule has 1 aromatic carbocycles. The van der Waals surface area contributed by atoms with Gasteiger partial charge in [0.05, 0.1) is 11.3 Å². The summed E-state index contributed by atoms with van der Waals surface area (Å²) in [7, 11) is -3.58. The van der Waals surface area contributed by atoms with Gasteiger partial charge in [-0.3, -0.25) is 4.79 Å². The molecule has 0 bridgehead atoms. The Morgan fingerprint density at radius 3 is 2.64 bits per heavy atom. The summed E-state index contributed by atoms with van der Waals surface area (Å²) < 4.78 is 29.5. The molecule has 1 fully saturated rings. The summed E-state index contributed by atoms with van der Waals surface area (Å²) in [6.45, 7) is 7.10. The highest BCUT2D eigenvalue weighted by atomic mass is 32.2. The topological polar surface area (TPSA) is 136 Å². The van der Waals surface area contributed by atoms with Crippen LogP contribution in [0.1, 0.15) is 35.4 Å². The molecule has 1 aliphatic rings. The van der Waals surface area contributed by atoms with Gasteiger partial charge in [-0.05, 0) is 51.7 Å². The number of hydrogen-bond donors (Lipinski definition) is 2. The number of aromatic nitrogens is 4. The lowest BCUT2D eigenvalue weighted by atomic mass is 9.97. The summed E-state index contributed by atoms with van der Waals surface area (Å²) >= 11 is 0. The number of carbonyl (C=O) groups is 1. The highest BCUT2D eigenvalue weighted by molar-refractivity contribution is 7.89. The predicted molar refractivity (Wildman–Crippen MR) is 124 cm³/mol. The third-order valence-electron chi connectivity index (χ3n) is 6.16. The van der Waals surface area contributed by atoms with Crippen LogP contribution in [0.25, 0.3) is 5.78 Å². The van der Waals surface area contributed by atoms with Crippen molar-refractivity contribution < 1.29 is 13.2 Å². The number of piperidine rings is 1. The van der Waals surface area contributed by atoms with Gasteiger partial charge in [-0.25, -0.2) is 18.1 Å². The second-order valence-corrected chi connectivity index (χ2v) is 10.4. The quantitative estimate of drug-likeness (QED) is 0.554. The van der Waals surface area contributed by atoms with Gasteiger partial charge in [-0.15, -0.1) is 5.10 Å². The molecule has 11 heteroatoms. The van der Waals surface area contributed by atoms with E-state index in [1.165, 1.54) is 0 Å². The van der Waals surface area contributed by atoms with Crippen LogP contribution in [0.5, 0.6) is 0 Å². The van der Waals surface area contributed by atoms with E-state index in [2.05, 4.69) is 19.8 Å². The number of likely N-dealkylation sites (tertiary alicyclic amines) is 1. The van der Waals surface area contributed by atoms with Crippen molar-refractivity contribution in [2.45, 2.75) is 44.9 Å². The lowest BCUT2D eigenvalue weighted by molar-refractivity contribution is -0.132. The van der Waals surface area contributed by atoms with Crippen LogP contribution in [0.2, 0.25) is 0 Å². The van der Waals surface area contributed by atoms with Gasteiger partial charge in [-0.2, -0.15) is 9.50 Å². The van der Waals surface area contributed by atoms with E-state index in [1.807, 2.05) is 25.7 Å². The molecule has 3 heterocycles. The van der Waals surface area contributed by atoms with E-state index in [4.69, 9.17) is 5.73 Å². The van der Waals surface area contributed by atoms with Gasteiger partial charge in [0.1, 0.15) is 0 Å². The number of carbonyl (C=O) groups excluding carboxylic acids is 1. The van der Waals surface area contributed by atoms with Crippen molar-refractivity contribution in [1.82, 2.24) is 29.2 Å². The molecule has 1 atom stereocenters. The predicted octanol–water partition coefficient (Wildman–Crippen LogP) is 1.39. The number of amides is 1. The van der Waals surface area contributed by atoms with E-state index in [-0.39, 0.29) is 29.1 Å². The fourth-order valence-corrected chi connectivity index (χ4v) is 5.35. The lowest BCUT2D eigenvalue weighted by Gasteiger charge is -2.33. The van der Waals surface area contributed by atoms with Crippen molar-refractivity contribution in [1.29, 1.82) is 0 Å². The van der Waals surface area contributed by atoms with Crippen molar-refractivity contribution in [3.05, 3.63) is 46.8 Å². The van der Waals surface area contributed by atoms with Crippen LogP contribution in [0, 0.1) is 26.7 Å². The number of fused-ring (bicyclic) bond motifs is 1. The maximum Gasteiger partial charge on any atom is 0.254 e. The van der Waals surface area contributed by atoms with Gasteiger partial charge in [0.2, 0.25) is 21.9 Å². The molecule has 3 N–H and O–H groups in total. The summed E-state index contributed by atoms with van der Waals surface area (Å²) in [5.74, 6) is 0.598. The molecule has 0 spiro atoms. The molecule has 0 saturated carbocycles. The number of nitrogens with one attached hydrogen (secondary N) is 1. The Morgan fingerprint density at radius 1 is 1.18 bits per heavy atom. The standard InChI is InChI=1S/C22H29N7O3S/c1-14-6-8-18(9-7-14)33(31,32)24-12-17-5-4-10-28(13-17)20(30)11-19-15(2)25-22-26-21(23)27-29(22)16(19)3/h6-9,17,24H,4-5,10-13H2,1-3H3,(H2,23,27). The van der Waals surface area contributed by atoms with Crippen molar-refractivity contribution in [3.63, 3.8) is 0 Å². The van der Waals surface area contributed by atoms with Gasteiger partial charge < -0.3 is 10.6 Å². The number of nitrogen functional groups attached to an aromatic ring is 1. The van der Waals surface area contributed by atoms with E-state index in [9.17, 15) is 13.2 Å². The molecular formula is C22H29N7O3S. The Hall–Kier alpha value is -3.05. The largest absolute Gasteiger partial charge is 0.366 e. The second-order valence-electron chi connectivity index (χ2n) is 8.63. The summed E-state index contributed by atoms with van der Waals surface area (Å²) in [6, 6.07) is 6.76. The fourth-order valence-electron chi connectivity index (χ4n) is 4.23. The Bertz CT molecular complexity index is 1290. The Balaban J connectivity index is 1.41. The zero-order valence-corrected chi connectivity index (χ0v) is 19.9. The van der Waals surface area contributed by atoms with Crippen molar-refractivity contribution >= 4 is 27.7 Å². The maximum atomic E-state index is 13.1. The lowest BCUT2D eigenvalue weighted by Crippen LogP contribution is -2.44. The molecule has 1 unspecified atom stereocenters. The van der Waals surface area contributed by atoms with Gasteiger partial charge in [-0.1, -0.05) is 17.7 Å². The van der Waals surface area contributed by atoms with Crippen LogP contribution < -0.4 is 10.5 Å². The maximum absolute atomic E-state index is 13.1. The third-order valence-corrected chi connectivity index (χ3v) is 7.60. The van der Waals surface area contributed by atoms with Gasteiger partial charge in [0, 0.05) is 36.6 Å². The van der Waals surface area contributed by atoms with Crippen LogP contribution >= 0.6 is 0 Å². The van der Waals surface area contributed by atoms with E-state index < -0.39 is 10.0 Å². The number of hydrogen-bond acceptors (Lipinski definition) is 7. The Kier molecular flexibility index (Phi) is 6.35. The summed E-state index contributed by atoms with van der Waals surface area (Å²) in [4.78, 5) is 23.7. The average Bonchev–Trinajstić information content (AvgIpc) is 3.16. The minimum absolute atomic E-state index is 0.0125. The molecule has 2 aromatic heterocycles. The molecule has 0 aliphatic carbocycles. The van der Waals surface area contributed by atoms with Crippen molar-refractivity contribution in [2.75, 3.05) is 25.4 Å². The van der Waals surface area contributed by atoms with Crippen LogP contribution in [-0.4, -0.2) is 58.4 Å². The van der Waals surface area contributed by atoms with E-state index in [0.717, 1.165) is 35.4 Å². The summed E-state index contributed by atoms with van der Waals surface area (Å²) in [5.41, 5.74) is 9.01. The molecule has 1 saturated heterocycles. The molecule has 3 aromatic rings. The number of aryl methyl sites for hydroxylation is 3. The van der Waals surface area contributed by atoms with Gasteiger partial charge in [0.25, 0.3) is 5.78 Å². The van der Waals surface area contributed by atoms with E-state index in [0.29, 0.717) is 25.4 Å². The minimum atomic E-state index is -3.58. The molecule has 0 radical (unpaired) electrons. The van der Waals surface area contributed by atoms with Crippen LogP contribution in [0.15, 0.2) is 29.2 Å². The number of nitrogens with zero attached hydrogens (tertiary/aromatic N) is 5. The molecule has 1 amide bonds. The average molecular weight is 472 g/mol. The number of rotatable bonds is 6. The first-order valence-electron chi connectivity index (χ1n) is 11.0. The van der Waals surface area contributed by atoms with E-state index >= 15 is 0 Å². The van der Waals surface area contributed by atoms with Crippen LogP contribution in [0.3, 0.4) is 0 Å². The zero-order valence-electron chi connectivity index (χ0n) is 19.1. The SMILES string of the molecule is Cc1ccc(S(=O)(=O)NCC2CCCN(C(=O)Cc3c(C)nc4nc(N)nn4c3C)C2)cc1. The Labute approximate surface area is 193 Å². The molecule has 10 nitrogen and oxygen atoms in total. The normalized spacial score (nSPS) is 16.9. The molecule has 176 valence electrons. The number of nitrogens with two attached hydrogens (primary N) is 1. The highest BCUT2D eigenvalue weighted by Crippen LogP contribution is 2.20. The third kappa shape index (κ3) is 4.98. The molecular weight excluding hydrogens is 442 g/mol. The number of benzene rings is 1. The summed E-state index contributed by atoms with van der Waals surface area (Å²) in [6.07, 6.45) is 1.89. The zero-order chi connectivity index (χ0) is 23.8. The van der Waals surface area contributed by atoms with Crippen LogP contribution in [-0.2, 0) is 21.2 Å². The minimum Gasteiger partial charge on any atom is -0.366 e. The Morgan fingerprint density at radius 2 is 1.91 bits per heavy atom. The molecule has 33 heavy (non-hydrogen) atoms. The second kappa shape index (κ2) is 9.06.